The molecule has 1 N–H and O–H groups in total. The zero-order valence-electron chi connectivity index (χ0n) is 21.3. The van der Waals surface area contributed by atoms with E-state index in [1.807, 2.05) is 42.5 Å². The van der Waals surface area contributed by atoms with Gasteiger partial charge < -0.3 is 9.57 Å². The van der Waals surface area contributed by atoms with Crippen LogP contribution in [0.5, 0.6) is 0 Å². The van der Waals surface area contributed by atoms with E-state index in [0.29, 0.717) is 18.1 Å². The lowest BCUT2D eigenvalue weighted by molar-refractivity contribution is -0.203. The topological polar surface area (TPSA) is 114 Å². The van der Waals surface area contributed by atoms with Gasteiger partial charge in [0.05, 0.1) is 24.5 Å². The van der Waals surface area contributed by atoms with Gasteiger partial charge in [0.15, 0.2) is 0 Å². The molecule has 2 heterocycles. The second-order valence-corrected chi connectivity index (χ2v) is 11.2. The predicted octanol–water partition coefficient (Wildman–Crippen LogP) is 2.74. The third-order valence-electron chi connectivity index (χ3n) is 7.42. The average Bonchev–Trinajstić information content (AvgIpc) is 3.54. The van der Waals surface area contributed by atoms with Gasteiger partial charge in [-0.25, -0.2) is 9.59 Å². The molecule has 2 bridgehead atoms. The average molecular weight is 512 g/mol. The minimum absolute atomic E-state index is 0.00538. The first-order valence-electron chi connectivity index (χ1n) is 12.8. The fourth-order valence-corrected chi connectivity index (χ4v) is 5.77. The maximum absolute atomic E-state index is 13.2. The van der Waals surface area contributed by atoms with Crippen molar-refractivity contribution in [3.8, 4) is 0 Å². The Hall–Kier alpha value is -3.24. The number of imide groups is 1. The maximum Gasteiger partial charge on any atom is 0.411 e. The zero-order valence-corrected chi connectivity index (χ0v) is 21.3. The van der Waals surface area contributed by atoms with Crippen LogP contribution in [0.15, 0.2) is 42.5 Å². The molecule has 0 radical (unpaired) electrons. The highest BCUT2D eigenvalue weighted by Gasteiger charge is 2.61. The number of allylic oxidation sites excluding steroid dienone is 2. The largest absolute Gasteiger partial charge is 0.444 e. The lowest BCUT2D eigenvalue weighted by atomic mass is 9.85. The Morgan fingerprint density at radius 3 is 2.27 bits per heavy atom. The number of hydrogen-bond donors (Lipinski definition) is 1. The summed E-state index contributed by atoms with van der Waals surface area (Å²) in [6.45, 7) is 5.69. The Morgan fingerprint density at radius 1 is 1.00 bits per heavy atom. The number of nitrogens with one attached hydrogen (secondary N) is 1. The van der Waals surface area contributed by atoms with Gasteiger partial charge in [-0.3, -0.25) is 19.3 Å². The lowest BCUT2D eigenvalue weighted by Gasteiger charge is -2.38. The van der Waals surface area contributed by atoms with E-state index in [9.17, 15) is 19.2 Å². The summed E-state index contributed by atoms with van der Waals surface area (Å²) in [6.07, 6.45) is 4.81. The molecule has 198 valence electrons. The van der Waals surface area contributed by atoms with Crippen LogP contribution in [-0.4, -0.2) is 58.1 Å². The van der Waals surface area contributed by atoms with Crippen LogP contribution in [0, 0.1) is 23.7 Å². The summed E-state index contributed by atoms with van der Waals surface area (Å²) in [5.41, 5.74) is 3.19. The van der Waals surface area contributed by atoms with Crippen molar-refractivity contribution < 1.29 is 33.6 Å². The molecule has 1 saturated carbocycles. The molecule has 2 aliphatic heterocycles. The summed E-state index contributed by atoms with van der Waals surface area (Å²) in [6, 6.07) is 8.39. The molecule has 5 rings (SSSR count). The third kappa shape index (κ3) is 5.13. The highest BCUT2D eigenvalue weighted by atomic mass is 16.7. The SMILES string of the molecule is CC(C)(C)OC(=O)N1C[C@H](NOCc2ccccc2)CC[C@H]1C(=O)ON1C(=O)C2C3C=CC(C3)C2C1=O. The number of nitrogens with zero attached hydrogens (tertiary/aromatic N) is 2. The Bertz CT molecular complexity index is 1070. The number of likely N-dealkylation sites (tertiary alicyclic amines) is 1. The van der Waals surface area contributed by atoms with Crippen LogP contribution in [0.2, 0.25) is 0 Å². The summed E-state index contributed by atoms with van der Waals surface area (Å²) in [5, 5.41) is 0.629. The van der Waals surface area contributed by atoms with Crippen molar-refractivity contribution in [2.75, 3.05) is 6.54 Å². The van der Waals surface area contributed by atoms with E-state index in [-0.39, 0.29) is 30.8 Å². The van der Waals surface area contributed by atoms with E-state index in [1.165, 1.54) is 4.90 Å². The number of ether oxygens (including phenoxy) is 1. The van der Waals surface area contributed by atoms with Crippen LogP contribution in [0.25, 0.3) is 0 Å². The summed E-state index contributed by atoms with van der Waals surface area (Å²) in [4.78, 5) is 64.5. The summed E-state index contributed by atoms with van der Waals surface area (Å²) in [5.74, 6) is -2.71. The standard InChI is InChI=1S/C27H33N3O7/c1-27(2,3)36-26(34)29-14-19(28-35-15-16-7-5-4-6-8-16)11-12-20(29)25(33)37-30-23(31)21-17-9-10-18(13-17)22(21)24(30)32/h4-10,17-22,28H,11-15H2,1-3H3/t17?,18?,19-,20+,21?,22?/m1/s1. The molecule has 4 unspecified atom stereocenters. The quantitative estimate of drug-likeness (QED) is 0.352. The number of piperidine rings is 1. The van der Waals surface area contributed by atoms with Crippen LogP contribution in [0.3, 0.4) is 0 Å². The molecule has 4 aliphatic rings. The molecule has 0 spiro atoms. The molecule has 10 nitrogen and oxygen atoms in total. The summed E-state index contributed by atoms with van der Waals surface area (Å²) < 4.78 is 5.54. The molecular formula is C27H33N3O7. The molecular weight excluding hydrogens is 478 g/mol. The van der Waals surface area contributed by atoms with E-state index >= 15 is 0 Å². The number of hydroxylamine groups is 3. The number of carbonyl (C=O) groups is 4. The number of hydrogen-bond acceptors (Lipinski definition) is 8. The van der Waals surface area contributed by atoms with Crippen molar-refractivity contribution in [1.82, 2.24) is 15.4 Å². The van der Waals surface area contributed by atoms with E-state index in [1.54, 1.807) is 20.8 Å². The number of carbonyl (C=O) groups excluding carboxylic acids is 4. The summed E-state index contributed by atoms with van der Waals surface area (Å²) in [7, 11) is 0. The smallest absolute Gasteiger partial charge is 0.411 e. The molecule has 37 heavy (non-hydrogen) atoms. The van der Waals surface area contributed by atoms with Gasteiger partial charge in [-0.15, -0.1) is 5.06 Å². The van der Waals surface area contributed by atoms with Gasteiger partial charge in [0.1, 0.15) is 11.6 Å². The first kappa shape index (κ1) is 25.4. The second-order valence-electron chi connectivity index (χ2n) is 11.2. The van der Waals surface area contributed by atoms with Gasteiger partial charge in [0, 0.05) is 6.54 Å². The molecule has 3 amide bonds. The number of fused-ring (bicyclic) bond motifs is 5. The number of benzene rings is 1. The Labute approximate surface area is 215 Å². The highest BCUT2D eigenvalue weighted by molar-refractivity contribution is 6.06. The predicted molar refractivity (Wildman–Crippen MR) is 130 cm³/mol. The molecule has 0 aromatic heterocycles. The second kappa shape index (κ2) is 9.90. The zero-order chi connectivity index (χ0) is 26.3. The minimum atomic E-state index is -1.00. The molecule has 1 aromatic rings. The fraction of sp³-hybridized carbons (Fsp3) is 0.556. The van der Waals surface area contributed by atoms with Gasteiger partial charge in [0.25, 0.3) is 11.8 Å². The van der Waals surface area contributed by atoms with Crippen molar-refractivity contribution in [3.63, 3.8) is 0 Å². The summed E-state index contributed by atoms with van der Waals surface area (Å²) >= 11 is 0. The van der Waals surface area contributed by atoms with Gasteiger partial charge in [-0.05, 0) is 57.4 Å². The Balaban J connectivity index is 1.24. The normalized spacial score (nSPS) is 30.6. The van der Waals surface area contributed by atoms with Crippen molar-refractivity contribution in [1.29, 1.82) is 0 Å². The van der Waals surface area contributed by atoms with E-state index in [4.69, 9.17) is 14.4 Å². The van der Waals surface area contributed by atoms with Gasteiger partial charge >= 0.3 is 12.1 Å². The van der Waals surface area contributed by atoms with Gasteiger partial charge in [0.2, 0.25) is 0 Å². The molecule has 2 aliphatic carbocycles. The van der Waals surface area contributed by atoms with Crippen LogP contribution >= 0.6 is 0 Å². The Kier molecular flexibility index (Phi) is 6.80. The monoisotopic (exact) mass is 511 g/mol. The van der Waals surface area contributed by atoms with Crippen LogP contribution in [0.1, 0.15) is 45.6 Å². The molecule has 2 saturated heterocycles. The molecule has 10 heteroatoms. The third-order valence-corrected chi connectivity index (χ3v) is 7.42. The number of rotatable bonds is 6. The van der Waals surface area contributed by atoms with Crippen LogP contribution in [-0.2, 0) is 35.4 Å². The van der Waals surface area contributed by atoms with Crippen molar-refractivity contribution in [2.24, 2.45) is 23.7 Å². The number of amides is 3. The van der Waals surface area contributed by atoms with Crippen molar-refractivity contribution in [2.45, 2.75) is 64.3 Å². The van der Waals surface area contributed by atoms with E-state index in [2.05, 4.69) is 5.48 Å². The molecule has 1 aromatic carbocycles. The van der Waals surface area contributed by atoms with Crippen molar-refractivity contribution >= 4 is 23.9 Å². The van der Waals surface area contributed by atoms with Crippen molar-refractivity contribution in [3.05, 3.63) is 48.0 Å². The van der Waals surface area contributed by atoms with Crippen LogP contribution < -0.4 is 5.48 Å². The van der Waals surface area contributed by atoms with E-state index in [0.717, 1.165) is 12.0 Å². The first-order chi connectivity index (χ1) is 17.6. The molecule has 6 atom stereocenters. The maximum atomic E-state index is 13.2. The molecule has 3 fully saturated rings. The van der Waals surface area contributed by atoms with Gasteiger partial charge in [-0.1, -0.05) is 42.5 Å². The first-order valence-corrected chi connectivity index (χ1v) is 12.8. The minimum Gasteiger partial charge on any atom is -0.444 e. The van der Waals surface area contributed by atoms with E-state index < -0.39 is 47.4 Å². The Morgan fingerprint density at radius 2 is 1.65 bits per heavy atom. The van der Waals surface area contributed by atoms with Gasteiger partial charge in [-0.2, -0.15) is 5.48 Å². The van der Waals surface area contributed by atoms with Crippen LogP contribution in [0.4, 0.5) is 4.79 Å². The fourth-order valence-electron chi connectivity index (χ4n) is 5.77. The highest BCUT2D eigenvalue weighted by Crippen LogP contribution is 2.52. The lowest BCUT2D eigenvalue weighted by Crippen LogP contribution is -2.57.